The van der Waals surface area contributed by atoms with Gasteiger partial charge in [0, 0.05) is 44.5 Å². The van der Waals surface area contributed by atoms with Gasteiger partial charge in [0.15, 0.2) is 0 Å². The molecule has 0 aromatic heterocycles. The van der Waals surface area contributed by atoms with Gasteiger partial charge in [0.1, 0.15) is 17.8 Å². The van der Waals surface area contributed by atoms with Crippen LogP contribution in [-0.2, 0) is 30.4 Å². The number of phenolic OH excluding ortho intramolecular Hbond substituents is 1. The lowest BCUT2D eigenvalue weighted by Gasteiger charge is -2.19. The van der Waals surface area contributed by atoms with Gasteiger partial charge in [0.2, 0.25) is 29.5 Å². The Hall–Kier alpha value is -3.36. The zero-order valence-electron chi connectivity index (χ0n) is 22.0. The van der Waals surface area contributed by atoms with E-state index in [9.17, 15) is 29.1 Å². The molecule has 0 aliphatic heterocycles. The maximum atomic E-state index is 12.9. The zero-order chi connectivity index (χ0) is 29.2. The highest BCUT2D eigenvalue weighted by molar-refractivity contribution is 7.80. The van der Waals surface area contributed by atoms with Gasteiger partial charge in [0.05, 0.1) is 6.17 Å². The number of unbranched alkanes of at least 4 members (excludes halogenated alkanes) is 2. The van der Waals surface area contributed by atoms with E-state index >= 15 is 0 Å². The number of nitrogens with two attached hydrogens (primary N) is 3. The second kappa shape index (κ2) is 18.8. The lowest BCUT2D eigenvalue weighted by molar-refractivity contribution is -0.129. The van der Waals surface area contributed by atoms with Gasteiger partial charge in [-0.3, -0.25) is 24.0 Å². The largest absolute Gasteiger partial charge is 0.508 e. The molecule has 0 aliphatic carbocycles. The van der Waals surface area contributed by atoms with Crippen LogP contribution in [0.2, 0.25) is 0 Å². The van der Waals surface area contributed by atoms with Crippen molar-refractivity contribution in [1.82, 2.24) is 21.3 Å². The molecule has 0 radical (unpaired) electrons. The second-order valence-corrected chi connectivity index (χ2v) is 9.43. The molecule has 0 aliphatic rings. The molecule has 0 saturated heterocycles. The quantitative estimate of drug-likeness (QED) is 0.0542. The Bertz CT molecular complexity index is 947. The molecule has 0 saturated carbocycles. The first-order chi connectivity index (χ1) is 18.5. The second-order valence-electron chi connectivity index (χ2n) is 9.06. The number of nitrogens with one attached hydrogen (secondary N) is 4. The number of benzene rings is 1. The normalized spacial score (nSPS) is 13.0. The third-order valence-electron chi connectivity index (χ3n) is 5.68. The molecule has 0 heterocycles. The SMILES string of the molecule is NC[C@@H](N)NC(=O)CCCC(=O)NC(Cc1ccc(O)cc1)C(=O)NCCCCCC(=O)NC(CS)C(N)=O. The minimum absolute atomic E-state index is 0.0382. The van der Waals surface area contributed by atoms with E-state index in [1.807, 2.05) is 0 Å². The van der Waals surface area contributed by atoms with E-state index in [2.05, 4.69) is 33.9 Å². The van der Waals surface area contributed by atoms with Crippen LogP contribution in [0, 0.1) is 0 Å². The predicted octanol–water partition coefficient (Wildman–Crippen LogP) is -1.47. The molecule has 0 spiro atoms. The molecule has 39 heavy (non-hydrogen) atoms. The molecule has 5 amide bonds. The van der Waals surface area contributed by atoms with Crippen LogP contribution in [-0.4, -0.2) is 71.7 Å². The first kappa shape index (κ1) is 33.7. The summed E-state index contributed by atoms with van der Waals surface area (Å²) in [6.07, 6.45) is 1.97. The monoisotopic (exact) mass is 567 g/mol. The fourth-order valence-electron chi connectivity index (χ4n) is 3.49. The molecule has 1 aromatic rings. The van der Waals surface area contributed by atoms with Crippen molar-refractivity contribution in [2.75, 3.05) is 18.8 Å². The van der Waals surface area contributed by atoms with Crippen molar-refractivity contribution < 1.29 is 29.1 Å². The molecular formula is C25H41N7O6S. The number of carbonyl (C=O) groups is 5. The Morgan fingerprint density at radius 3 is 1.95 bits per heavy atom. The number of hydrogen-bond acceptors (Lipinski definition) is 9. The minimum Gasteiger partial charge on any atom is -0.508 e. The summed E-state index contributed by atoms with van der Waals surface area (Å²) in [6, 6.07) is 4.64. The number of thiol groups is 1. The van der Waals surface area contributed by atoms with E-state index in [0.29, 0.717) is 25.8 Å². The number of primary amides is 1. The number of rotatable bonds is 19. The van der Waals surface area contributed by atoms with E-state index in [0.717, 1.165) is 5.56 Å². The van der Waals surface area contributed by atoms with Crippen molar-refractivity contribution in [3.8, 4) is 5.75 Å². The Morgan fingerprint density at radius 2 is 1.38 bits per heavy atom. The molecule has 1 aromatic carbocycles. The van der Waals surface area contributed by atoms with Crippen molar-refractivity contribution in [2.45, 2.75) is 69.6 Å². The van der Waals surface area contributed by atoms with Gasteiger partial charge < -0.3 is 43.6 Å². The van der Waals surface area contributed by atoms with Gasteiger partial charge in [-0.2, -0.15) is 12.6 Å². The fourth-order valence-corrected chi connectivity index (χ4v) is 3.76. The maximum Gasteiger partial charge on any atom is 0.242 e. The van der Waals surface area contributed by atoms with Gasteiger partial charge >= 0.3 is 0 Å². The van der Waals surface area contributed by atoms with Gasteiger partial charge in [-0.25, -0.2) is 0 Å². The highest BCUT2D eigenvalue weighted by Crippen LogP contribution is 2.12. The van der Waals surface area contributed by atoms with E-state index in [-0.39, 0.29) is 73.8 Å². The summed E-state index contributed by atoms with van der Waals surface area (Å²) in [5.41, 5.74) is 16.9. The lowest BCUT2D eigenvalue weighted by atomic mass is 10.0. The molecule has 0 bridgehead atoms. The molecular weight excluding hydrogens is 526 g/mol. The van der Waals surface area contributed by atoms with Crippen molar-refractivity contribution in [2.24, 2.45) is 17.2 Å². The van der Waals surface area contributed by atoms with Gasteiger partial charge in [-0.1, -0.05) is 18.6 Å². The summed E-state index contributed by atoms with van der Waals surface area (Å²) in [5.74, 6) is -1.81. The molecule has 13 nitrogen and oxygen atoms in total. The highest BCUT2D eigenvalue weighted by Gasteiger charge is 2.21. The fraction of sp³-hybridized carbons (Fsp3) is 0.560. The molecule has 218 valence electrons. The standard InChI is InChI=1S/C25H41N7O6S/c26-14-20(27)32-23(36)7-4-6-22(35)30-18(13-16-8-10-17(33)11-9-16)25(38)29-12-3-1-2-5-21(34)31-19(15-39)24(28)37/h8-11,18-20,33,39H,1-7,12-15,26-27H2,(H2,28,37)(H,29,38)(H,30,35)(H,31,34)(H,32,36)/t18?,19?,20-/m0/s1. The van der Waals surface area contributed by atoms with Crippen molar-refractivity contribution in [1.29, 1.82) is 0 Å². The molecule has 3 atom stereocenters. The summed E-state index contributed by atoms with van der Waals surface area (Å²) < 4.78 is 0. The Labute approximate surface area is 233 Å². The third kappa shape index (κ3) is 15.0. The summed E-state index contributed by atoms with van der Waals surface area (Å²) in [4.78, 5) is 60.3. The number of aromatic hydroxyl groups is 1. The lowest BCUT2D eigenvalue weighted by Crippen LogP contribution is -2.48. The predicted molar refractivity (Wildman–Crippen MR) is 149 cm³/mol. The zero-order valence-corrected chi connectivity index (χ0v) is 22.9. The van der Waals surface area contributed by atoms with Crippen molar-refractivity contribution in [3.63, 3.8) is 0 Å². The molecule has 0 fully saturated rings. The average molecular weight is 568 g/mol. The third-order valence-corrected chi connectivity index (χ3v) is 6.04. The van der Waals surface area contributed by atoms with E-state index < -0.39 is 24.2 Å². The van der Waals surface area contributed by atoms with Gasteiger partial charge in [-0.05, 0) is 37.0 Å². The summed E-state index contributed by atoms with van der Waals surface area (Å²) in [7, 11) is 0. The summed E-state index contributed by atoms with van der Waals surface area (Å²) >= 11 is 3.98. The van der Waals surface area contributed by atoms with E-state index in [1.54, 1.807) is 12.1 Å². The number of phenols is 1. The van der Waals surface area contributed by atoms with Crippen LogP contribution in [0.4, 0.5) is 0 Å². The van der Waals surface area contributed by atoms with Gasteiger partial charge in [0.25, 0.3) is 0 Å². The average Bonchev–Trinajstić information content (AvgIpc) is 2.89. The summed E-state index contributed by atoms with van der Waals surface area (Å²) in [6.45, 7) is 0.438. The first-order valence-corrected chi connectivity index (χ1v) is 13.5. The smallest absolute Gasteiger partial charge is 0.242 e. The topological polar surface area (TPSA) is 232 Å². The van der Waals surface area contributed by atoms with E-state index in [4.69, 9.17) is 17.2 Å². The van der Waals surface area contributed by atoms with Gasteiger partial charge in [-0.15, -0.1) is 0 Å². The molecule has 11 N–H and O–H groups in total. The van der Waals surface area contributed by atoms with Crippen LogP contribution in [0.25, 0.3) is 0 Å². The Morgan fingerprint density at radius 1 is 0.821 bits per heavy atom. The van der Waals surface area contributed by atoms with Crippen molar-refractivity contribution in [3.05, 3.63) is 29.8 Å². The highest BCUT2D eigenvalue weighted by atomic mass is 32.1. The summed E-state index contributed by atoms with van der Waals surface area (Å²) in [5, 5.41) is 20.1. The molecule has 1 rings (SSSR count). The van der Waals surface area contributed by atoms with Crippen LogP contribution in [0.5, 0.6) is 5.75 Å². The maximum absolute atomic E-state index is 12.9. The van der Waals surface area contributed by atoms with Crippen LogP contribution in [0.15, 0.2) is 24.3 Å². The Balaban J connectivity index is 2.51. The molecule has 2 unspecified atom stereocenters. The van der Waals surface area contributed by atoms with Crippen LogP contribution in [0.3, 0.4) is 0 Å². The van der Waals surface area contributed by atoms with Crippen LogP contribution in [0.1, 0.15) is 50.5 Å². The molecule has 14 heteroatoms. The first-order valence-electron chi connectivity index (χ1n) is 12.8. The number of amides is 5. The van der Waals surface area contributed by atoms with E-state index in [1.165, 1.54) is 12.1 Å². The number of hydrogen-bond donors (Lipinski definition) is 9. The Kier molecular flexibility index (Phi) is 16.2. The minimum atomic E-state index is -0.862. The number of carbonyl (C=O) groups excluding carboxylic acids is 5. The van der Waals surface area contributed by atoms with Crippen LogP contribution >= 0.6 is 12.6 Å². The van der Waals surface area contributed by atoms with Crippen molar-refractivity contribution >= 4 is 42.2 Å². The van der Waals surface area contributed by atoms with Crippen LogP contribution < -0.4 is 38.5 Å².